The average Bonchev–Trinajstić information content (AvgIpc) is 3.19. The van der Waals surface area contributed by atoms with Gasteiger partial charge in [-0.2, -0.15) is 0 Å². The lowest BCUT2D eigenvalue weighted by molar-refractivity contribution is 0.250. The van der Waals surface area contributed by atoms with Crippen molar-refractivity contribution in [2.45, 2.75) is 13.1 Å². The number of rotatable bonds is 9. The van der Waals surface area contributed by atoms with Gasteiger partial charge in [0, 0.05) is 77.2 Å². The smallest absolute Gasteiger partial charge is 0.323 e. The number of benzene rings is 5. The zero-order chi connectivity index (χ0) is 38.7. The van der Waals surface area contributed by atoms with Gasteiger partial charge in [-0.1, -0.05) is 88.9 Å². The number of para-hydroxylation sites is 4. The summed E-state index contributed by atoms with van der Waals surface area (Å²) in [5.74, 6) is 0.687. The number of halogens is 4. The van der Waals surface area contributed by atoms with Gasteiger partial charge in [0.25, 0.3) is 0 Å². The normalized spacial score (nSPS) is 14.9. The van der Waals surface area contributed by atoms with Crippen molar-refractivity contribution in [1.82, 2.24) is 9.80 Å². The van der Waals surface area contributed by atoms with Crippen molar-refractivity contribution >= 4 is 80.9 Å². The number of ether oxygens (including phenoxy) is 1. The molecule has 2 heterocycles. The number of nitrogens with zero attached hydrogens (tertiary/aromatic N) is 4. The van der Waals surface area contributed by atoms with Crippen LogP contribution in [0.2, 0.25) is 20.1 Å². The Morgan fingerprint density at radius 1 is 0.600 bits per heavy atom. The van der Waals surface area contributed by atoms with E-state index in [-0.39, 0.29) is 6.03 Å². The lowest BCUT2D eigenvalue weighted by Crippen LogP contribution is -2.46. The van der Waals surface area contributed by atoms with Gasteiger partial charge in [-0.15, -0.1) is 0 Å². The second-order valence-corrected chi connectivity index (χ2v) is 15.0. The van der Waals surface area contributed by atoms with Crippen molar-refractivity contribution in [3.63, 3.8) is 0 Å². The first-order valence-corrected chi connectivity index (χ1v) is 19.6. The molecule has 0 saturated carbocycles. The first-order chi connectivity index (χ1) is 26.6. The lowest BCUT2D eigenvalue weighted by Gasteiger charge is -2.37. The van der Waals surface area contributed by atoms with Gasteiger partial charge in [-0.05, 0) is 71.8 Å². The molecule has 0 spiro atoms. The van der Waals surface area contributed by atoms with E-state index in [1.807, 2.05) is 97.1 Å². The number of amides is 2. The minimum absolute atomic E-state index is 0.297. The van der Waals surface area contributed by atoms with Crippen molar-refractivity contribution in [2.24, 2.45) is 0 Å². The van der Waals surface area contributed by atoms with Crippen molar-refractivity contribution in [2.75, 3.05) is 85.6 Å². The number of urea groups is 1. The summed E-state index contributed by atoms with van der Waals surface area (Å²) in [6.07, 6.45) is 0. The molecule has 0 unspecified atom stereocenters. The number of hydrogen-bond donors (Lipinski definition) is 3. The zero-order valence-corrected chi connectivity index (χ0v) is 33.7. The SMILES string of the molecule is COc1cccc(NC(=O)Nc2ccccc2N2CCN(Cc3ccc(Cl)c(Cl)c3)CC2)c1.Nc1ccccc1N1CCN(Cc2ccc(Cl)c(Cl)c2)CC1. The molecule has 0 atom stereocenters. The summed E-state index contributed by atoms with van der Waals surface area (Å²) in [7, 11) is 1.60. The Kier molecular flexibility index (Phi) is 14.3. The molecule has 5 aromatic rings. The maximum absolute atomic E-state index is 12.6. The molecule has 2 saturated heterocycles. The Morgan fingerprint density at radius 3 is 1.67 bits per heavy atom. The molecular formula is C42H45Cl4N7O2. The summed E-state index contributed by atoms with van der Waals surface area (Å²) in [5.41, 5.74) is 12.8. The summed E-state index contributed by atoms with van der Waals surface area (Å²) in [6.45, 7) is 9.24. The van der Waals surface area contributed by atoms with Crippen LogP contribution in [0, 0.1) is 0 Å². The van der Waals surface area contributed by atoms with Crippen molar-refractivity contribution < 1.29 is 9.53 Å². The van der Waals surface area contributed by atoms with Crippen molar-refractivity contribution in [1.29, 1.82) is 0 Å². The summed E-state index contributed by atoms with van der Waals surface area (Å²) < 4.78 is 5.22. The molecular weight excluding hydrogens is 776 g/mol. The zero-order valence-electron chi connectivity index (χ0n) is 30.7. The molecule has 13 heteroatoms. The number of carbonyl (C=O) groups is 1. The summed E-state index contributed by atoms with van der Waals surface area (Å²) in [4.78, 5) is 22.1. The number of piperazine rings is 2. The highest BCUT2D eigenvalue weighted by atomic mass is 35.5. The van der Waals surface area contributed by atoms with E-state index in [2.05, 4.69) is 36.3 Å². The number of nitrogens with two attached hydrogens (primary N) is 1. The summed E-state index contributed by atoms with van der Waals surface area (Å²) in [5, 5.41) is 8.23. The lowest BCUT2D eigenvalue weighted by atomic mass is 10.1. The van der Waals surface area contributed by atoms with Crippen LogP contribution in [0.15, 0.2) is 109 Å². The van der Waals surface area contributed by atoms with Gasteiger partial charge < -0.3 is 30.9 Å². The Balaban J connectivity index is 0.000000203. The highest BCUT2D eigenvalue weighted by Gasteiger charge is 2.21. The number of nitrogens with one attached hydrogen (secondary N) is 2. The van der Waals surface area contributed by atoms with E-state index >= 15 is 0 Å². The molecule has 0 radical (unpaired) electrons. The fourth-order valence-electron chi connectivity index (χ4n) is 6.70. The fraction of sp³-hybridized carbons (Fsp3) is 0.262. The van der Waals surface area contributed by atoms with Gasteiger partial charge in [0.2, 0.25) is 0 Å². The standard InChI is InChI=1S/C25H26Cl2N4O2.C17H19Cl2N3/c1-33-20-6-4-5-19(16-20)28-25(32)29-23-7-2-3-8-24(23)31-13-11-30(12-14-31)17-18-9-10-21(26)22(27)15-18;18-14-6-5-13(11-15(14)19)12-21-7-9-22(10-8-21)17-4-2-1-3-16(17)20/h2-10,15-16H,11-14,17H2,1H3,(H2,28,29,32);1-6,11H,7-10,12,20H2. The van der Waals surface area contributed by atoms with E-state index in [0.29, 0.717) is 31.5 Å². The van der Waals surface area contributed by atoms with Crippen LogP contribution < -0.4 is 30.9 Å². The van der Waals surface area contributed by atoms with Gasteiger partial charge in [-0.3, -0.25) is 9.80 Å². The molecule has 2 aliphatic heterocycles. The molecule has 288 valence electrons. The first-order valence-electron chi connectivity index (χ1n) is 18.1. The van der Waals surface area contributed by atoms with Gasteiger partial charge in [0.15, 0.2) is 0 Å². The molecule has 2 amide bonds. The monoisotopic (exact) mass is 819 g/mol. The molecule has 5 aromatic carbocycles. The molecule has 0 aliphatic carbocycles. The second kappa shape index (κ2) is 19.5. The third-order valence-corrected chi connectivity index (χ3v) is 11.1. The Hall–Kier alpha value is -4.35. The van der Waals surface area contributed by atoms with Crippen molar-refractivity contribution in [3.8, 4) is 5.75 Å². The van der Waals surface area contributed by atoms with Gasteiger partial charge >= 0.3 is 6.03 Å². The Morgan fingerprint density at radius 2 is 1.13 bits per heavy atom. The van der Waals surface area contributed by atoms with Gasteiger partial charge in [-0.25, -0.2) is 4.79 Å². The van der Waals surface area contributed by atoms with Crippen LogP contribution in [0.3, 0.4) is 0 Å². The molecule has 4 N–H and O–H groups in total. The number of hydrogen-bond acceptors (Lipinski definition) is 7. The van der Waals surface area contributed by atoms with Crippen LogP contribution in [-0.2, 0) is 13.1 Å². The van der Waals surface area contributed by atoms with Crippen LogP contribution in [0.25, 0.3) is 0 Å². The average molecular weight is 822 g/mol. The number of methoxy groups -OCH3 is 1. The van der Waals surface area contributed by atoms with Crippen molar-refractivity contribution in [3.05, 3.63) is 140 Å². The summed E-state index contributed by atoms with van der Waals surface area (Å²) in [6, 6.07) is 34.5. The Labute approximate surface area is 343 Å². The molecule has 7 rings (SSSR count). The predicted octanol–water partition coefficient (Wildman–Crippen LogP) is 9.87. The molecule has 9 nitrogen and oxygen atoms in total. The highest BCUT2D eigenvalue weighted by Crippen LogP contribution is 2.29. The number of carbonyl (C=O) groups excluding carboxylic acids is 1. The third-order valence-electron chi connectivity index (χ3n) is 9.62. The quantitative estimate of drug-likeness (QED) is 0.128. The molecule has 0 bridgehead atoms. The van der Waals surface area contributed by atoms with Crippen LogP contribution >= 0.6 is 46.4 Å². The van der Waals surface area contributed by atoms with E-state index in [0.717, 1.165) is 93.8 Å². The molecule has 2 aliphatic rings. The van der Waals surface area contributed by atoms with E-state index in [1.165, 1.54) is 5.56 Å². The van der Waals surface area contributed by atoms with E-state index < -0.39 is 0 Å². The van der Waals surface area contributed by atoms with E-state index in [4.69, 9.17) is 56.9 Å². The Bertz CT molecular complexity index is 2050. The first kappa shape index (κ1) is 40.3. The minimum atomic E-state index is -0.297. The summed E-state index contributed by atoms with van der Waals surface area (Å²) >= 11 is 24.2. The fourth-order valence-corrected chi connectivity index (χ4v) is 7.34. The number of anilines is 5. The molecule has 2 fully saturated rings. The molecule has 0 aromatic heterocycles. The van der Waals surface area contributed by atoms with Gasteiger partial charge in [0.1, 0.15) is 5.75 Å². The van der Waals surface area contributed by atoms with Crippen LogP contribution in [0.4, 0.5) is 33.2 Å². The highest BCUT2D eigenvalue weighted by molar-refractivity contribution is 6.42. The predicted molar refractivity (Wildman–Crippen MR) is 231 cm³/mol. The topological polar surface area (TPSA) is 89.3 Å². The van der Waals surface area contributed by atoms with Crippen LogP contribution in [0.5, 0.6) is 5.75 Å². The third kappa shape index (κ3) is 11.4. The molecule has 55 heavy (non-hydrogen) atoms. The maximum Gasteiger partial charge on any atom is 0.323 e. The maximum atomic E-state index is 12.6. The largest absolute Gasteiger partial charge is 0.497 e. The van der Waals surface area contributed by atoms with E-state index in [9.17, 15) is 4.79 Å². The number of nitrogen functional groups attached to an aromatic ring is 1. The minimum Gasteiger partial charge on any atom is -0.497 e. The van der Waals surface area contributed by atoms with Crippen LogP contribution in [-0.4, -0.2) is 75.3 Å². The second-order valence-electron chi connectivity index (χ2n) is 13.4. The van der Waals surface area contributed by atoms with E-state index in [1.54, 1.807) is 13.2 Å². The van der Waals surface area contributed by atoms with Gasteiger partial charge in [0.05, 0.1) is 49.9 Å². The van der Waals surface area contributed by atoms with Crippen LogP contribution in [0.1, 0.15) is 11.1 Å².